The molecule has 0 saturated carbocycles. The predicted molar refractivity (Wildman–Crippen MR) is 139 cm³/mol. The first-order chi connectivity index (χ1) is 18.5. The van der Waals surface area contributed by atoms with E-state index in [0.717, 1.165) is 16.5 Å². The number of benzene rings is 2. The molecule has 12 heteroatoms. The number of carbonyl (C=O) groups is 3. The number of amides is 1. The highest BCUT2D eigenvalue weighted by Crippen LogP contribution is 2.26. The number of carbonyl (C=O) groups excluding carboxylic acids is 3. The maximum absolute atomic E-state index is 12.8. The highest BCUT2D eigenvalue weighted by atomic mass is 35.5. The highest BCUT2D eigenvalue weighted by Gasteiger charge is 2.42. The van der Waals surface area contributed by atoms with Gasteiger partial charge in [0, 0.05) is 46.8 Å². The standard InChI is InChI=1S/C27H29ClF3N3O5/c1-3-38-24(35)9-10-32-25(36)18-7-8-21-19(14-34-22(21)13-18)11-16(2)33-15-23(39-26(37)27(29,30)31)17-5-4-6-20(28)12-17/h4-8,12-14,16,23,33-34H,3,9-11,15H2,1-2H3,(H,32,36)/t16-,23-/m1/s1. The van der Waals surface area contributed by atoms with Gasteiger partial charge >= 0.3 is 18.1 Å². The molecule has 1 aromatic heterocycles. The van der Waals surface area contributed by atoms with Crippen LogP contribution in [0.1, 0.15) is 47.9 Å². The molecule has 0 radical (unpaired) electrons. The van der Waals surface area contributed by atoms with E-state index in [4.69, 9.17) is 21.1 Å². The Kier molecular flexibility index (Phi) is 10.4. The van der Waals surface area contributed by atoms with E-state index in [-0.39, 0.29) is 44.0 Å². The molecule has 0 aliphatic carbocycles. The number of aromatic nitrogens is 1. The average molecular weight is 568 g/mol. The molecule has 0 saturated heterocycles. The molecule has 0 unspecified atom stereocenters. The lowest BCUT2D eigenvalue weighted by atomic mass is 10.0. The van der Waals surface area contributed by atoms with Crippen molar-refractivity contribution in [2.75, 3.05) is 19.7 Å². The first-order valence-corrected chi connectivity index (χ1v) is 12.7. The van der Waals surface area contributed by atoms with Crippen LogP contribution in [0.15, 0.2) is 48.7 Å². The number of H-pyrrole nitrogens is 1. The molecule has 210 valence electrons. The van der Waals surface area contributed by atoms with Gasteiger partial charge in [-0.2, -0.15) is 13.2 Å². The molecule has 1 amide bonds. The minimum Gasteiger partial charge on any atom is -0.466 e. The summed E-state index contributed by atoms with van der Waals surface area (Å²) in [5.74, 6) is -2.99. The predicted octanol–water partition coefficient (Wildman–Crippen LogP) is 4.87. The Morgan fingerprint density at radius 3 is 2.59 bits per heavy atom. The number of halogens is 4. The summed E-state index contributed by atoms with van der Waals surface area (Å²) in [5, 5.41) is 6.99. The third kappa shape index (κ3) is 8.72. The molecule has 2 aromatic carbocycles. The Labute approximate surface area is 228 Å². The molecule has 0 fully saturated rings. The van der Waals surface area contributed by atoms with Crippen LogP contribution in [0.5, 0.6) is 0 Å². The lowest BCUT2D eigenvalue weighted by Crippen LogP contribution is -2.35. The van der Waals surface area contributed by atoms with Crippen molar-refractivity contribution in [1.82, 2.24) is 15.6 Å². The number of aromatic amines is 1. The molecule has 3 N–H and O–H groups in total. The quantitative estimate of drug-likeness (QED) is 0.269. The van der Waals surface area contributed by atoms with Gasteiger partial charge in [0.15, 0.2) is 0 Å². The maximum Gasteiger partial charge on any atom is 0.490 e. The fourth-order valence-corrected chi connectivity index (χ4v) is 4.15. The van der Waals surface area contributed by atoms with Crippen molar-refractivity contribution in [2.45, 2.75) is 45.0 Å². The fourth-order valence-electron chi connectivity index (χ4n) is 3.95. The largest absolute Gasteiger partial charge is 0.490 e. The van der Waals surface area contributed by atoms with Gasteiger partial charge in [-0.3, -0.25) is 9.59 Å². The van der Waals surface area contributed by atoms with Crippen LogP contribution in [0.2, 0.25) is 5.02 Å². The van der Waals surface area contributed by atoms with Crippen molar-refractivity contribution in [1.29, 1.82) is 0 Å². The van der Waals surface area contributed by atoms with E-state index in [1.54, 1.807) is 43.5 Å². The van der Waals surface area contributed by atoms with Gasteiger partial charge in [0.25, 0.3) is 5.91 Å². The molecule has 1 heterocycles. The molecule has 0 spiro atoms. The summed E-state index contributed by atoms with van der Waals surface area (Å²) in [6, 6.07) is 11.1. The summed E-state index contributed by atoms with van der Waals surface area (Å²) >= 11 is 5.98. The Morgan fingerprint density at radius 2 is 1.90 bits per heavy atom. The molecule has 3 rings (SSSR count). The number of hydrogen-bond acceptors (Lipinski definition) is 6. The van der Waals surface area contributed by atoms with Crippen molar-refractivity contribution in [3.63, 3.8) is 0 Å². The van der Waals surface area contributed by atoms with Gasteiger partial charge in [-0.25, -0.2) is 4.79 Å². The van der Waals surface area contributed by atoms with E-state index in [9.17, 15) is 27.6 Å². The van der Waals surface area contributed by atoms with Crippen molar-refractivity contribution >= 4 is 40.3 Å². The van der Waals surface area contributed by atoms with Crippen molar-refractivity contribution in [2.24, 2.45) is 0 Å². The molecule has 0 bridgehead atoms. The lowest BCUT2D eigenvalue weighted by molar-refractivity contribution is -0.205. The van der Waals surface area contributed by atoms with Crippen molar-refractivity contribution in [3.8, 4) is 0 Å². The molecule has 0 aliphatic heterocycles. The van der Waals surface area contributed by atoms with Crippen LogP contribution in [-0.4, -0.2) is 54.7 Å². The minimum absolute atomic E-state index is 0.0677. The van der Waals surface area contributed by atoms with Crippen LogP contribution < -0.4 is 10.6 Å². The topological polar surface area (TPSA) is 110 Å². The minimum atomic E-state index is -5.12. The number of esters is 2. The van der Waals surface area contributed by atoms with Crippen LogP contribution >= 0.6 is 11.6 Å². The summed E-state index contributed by atoms with van der Waals surface area (Å²) in [4.78, 5) is 38.5. The van der Waals surface area contributed by atoms with Gasteiger partial charge in [-0.05, 0) is 55.7 Å². The summed E-state index contributed by atoms with van der Waals surface area (Å²) in [6.07, 6.45) is -3.95. The van der Waals surface area contributed by atoms with Crippen LogP contribution in [0.3, 0.4) is 0 Å². The third-order valence-electron chi connectivity index (χ3n) is 5.83. The SMILES string of the molecule is CCOC(=O)CCNC(=O)c1ccc2c(C[C@@H](C)NC[C@@H](OC(=O)C(F)(F)F)c3cccc(Cl)c3)c[nH]c2c1. The van der Waals surface area contributed by atoms with Crippen LogP contribution in [0.4, 0.5) is 13.2 Å². The Hall–Kier alpha value is -3.57. The first kappa shape index (κ1) is 30.0. The monoisotopic (exact) mass is 567 g/mol. The number of alkyl halides is 3. The highest BCUT2D eigenvalue weighted by molar-refractivity contribution is 6.30. The second-order valence-corrected chi connectivity index (χ2v) is 9.28. The normalized spacial score (nSPS) is 13.1. The van der Waals surface area contributed by atoms with Gasteiger partial charge in [-0.1, -0.05) is 29.8 Å². The summed E-state index contributed by atoms with van der Waals surface area (Å²) in [5.41, 5.74) is 2.40. The summed E-state index contributed by atoms with van der Waals surface area (Å²) in [6.45, 7) is 3.93. The Balaban J connectivity index is 1.62. The zero-order chi connectivity index (χ0) is 28.6. The van der Waals surface area contributed by atoms with E-state index in [1.807, 2.05) is 6.92 Å². The molecule has 8 nitrogen and oxygen atoms in total. The van der Waals surface area contributed by atoms with E-state index in [2.05, 4.69) is 15.6 Å². The smallest absolute Gasteiger partial charge is 0.466 e. The number of hydrogen-bond donors (Lipinski definition) is 3. The number of rotatable bonds is 12. The van der Waals surface area contributed by atoms with E-state index >= 15 is 0 Å². The number of nitrogens with one attached hydrogen (secondary N) is 3. The molecule has 39 heavy (non-hydrogen) atoms. The second kappa shape index (κ2) is 13.5. The van der Waals surface area contributed by atoms with Gasteiger partial charge in [0.05, 0.1) is 13.0 Å². The average Bonchev–Trinajstić information content (AvgIpc) is 3.27. The van der Waals surface area contributed by atoms with Gasteiger partial charge in [0.1, 0.15) is 6.10 Å². The zero-order valence-corrected chi connectivity index (χ0v) is 22.1. The van der Waals surface area contributed by atoms with Crippen molar-refractivity contribution < 1.29 is 37.0 Å². The molecular formula is C27H29ClF3N3O5. The molecular weight excluding hydrogens is 539 g/mol. The van der Waals surface area contributed by atoms with Crippen LogP contribution in [0, 0.1) is 0 Å². The Morgan fingerprint density at radius 1 is 1.13 bits per heavy atom. The maximum atomic E-state index is 12.8. The van der Waals surface area contributed by atoms with Gasteiger partial charge in [0.2, 0.25) is 0 Å². The zero-order valence-electron chi connectivity index (χ0n) is 21.4. The molecule has 2 atom stereocenters. The van der Waals surface area contributed by atoms with Gasteiger partial charge < -0.3 is 25.1 Å². The van der Waals surface area contributed by atoms with E-state index in [0.29, 0.717) is 22.6 Å². The summed E-state index contributed by atoms with van der Waals surface area (Å²) < 4.78 is 48.1. The molecule has 3 aromatic rings. The van der Waals surface area contributed by atoms with Crippen LogP contribution in [0.25, 0.3) is 10.9 Å². The molecule has 0 aliphatic rings. The second-order valence-electron chi connectivity index (χ2n) is 8.85. The third-order valence-corrected chi connectivity index (χ3v) is 6.06. The van der Waals surface area contributed by atoms with E-state index < -0.39 is 18.2 Å². The Bertz CT molecular complexity index is 1310. The fraction of sp³-hybridized carbons (Fsp3) is 0.370. The lowest BCUT2D eigenvalue weighted by Gasteiger charge is -2.22. The first-order valence-electron chi connectivity index (χ1n) is 12.3. The number of fused-ring (bicyclic) bond motifs is 1. The number of ether oxygens (including phenoxy) is 2. The van der Waals surface area contributed by atoms with Gasteiger partial charge in [-0.15, -0.1) is 0 Å². The summed E-state index contributed by atoms with van der Waals surface area (Å²) in [7, 11) is 0. The van der Waals surface area contributed by atoms with E-state index in [1.165, 1.54) is 12.1 Å². The van der Waals surface area contributed by atoms with Crippen molar-refractivity contribution in [3.05, 3.63) is 70.4 Å². The van der Waals surface area contributed by atoms with Crippen LogP contribution in [-0.2, 0) is 25.5 Å².